The highest BCUT2D eigenvalue weighted by Gasteiger charge is 2.23. The van der Waals surface area contributed by atoms with Gasteiger partial charge in [0.25, 0.3) is 0 Å². The number of thioether (sulfide) groups is 1. The largest absolute Gasteiger partial charge is 0.493 e. The first kappa shape index (κ1) is 14.3. The first-order valence-corrected chi connectivity index (χ1v) is 7.93. The second kappa shape index (κ2) is 6.41. The van der Waals surface area contributed by atoms with E-state index >= 15 is 0 Å². The minimum absolute atomic E-state index is 0.443. The highest BCUT2D eigenvalue weighted by atomic mass is 32.2. The normalized spacial score (nSPS) is 16.6. The Morgan fingerprint density at radius 2 is 2.05 bits per heavy atom. The molecule has 1 unspecified atom stereocenters. The molecule has 0 saturated carbocycles. The number of fused-ring (bicyclic) bond motifs is 1. The van der Waals surface area contributed by atoms with Gasteiger partial charge in [-0.2, -0.15) is 0 Å². The molecule has 110 valence electrons. The van der Waals surface area contributed by atoms with Crippen LogP contribution in [-0.4, -0.2) is 19.0 Å². The predicted octanol–water partition coefficient (Wildman–Crippen LogP) is 3.25. The fraction of sp³-hybridized carbons (Fsp3) is 0.294. The molecule has 1 atom stereocenters. The Hall–Kier alpha value is -1.65. The summed E-state index contributed by atoms with van der Waals surface area (Å²) in [6.45, 7) is 1.11. The molecule has 0 fully saturated rings. The smallest absolute Gasteiger partial charge is 0.165 e. The third-order valence-electron chi connectivity index (χ3n) is 3.63. The summed E-state index contributed by atoms with van der Waals surface area (Å²) in [6, 6.07) is 14.4. The van der Waals surface area contributed by atoms with Crippen molar-refractivity contribution in [3.05, 3.63) is 53.6 Å². The molecule has 0 spiro atoms. The van der Waals surface area contributed by atoms with Crippen molar-refractivity contribution in [2.75, 3.05) is 13.7 Å². The van der Waals surface area contributed by atoms with Crippen LogP contribution in [0.3, 0.4) is 0 Å². The van der Waals surface area contributed by atoms with Crippen LogP contribution >= 0.6 is 11.8 Å². The van der Waals surface area contributed by atoms with Crippen molar-refractivity contribution < 1.29 is 9.47 Å². The van der Waals surface area contributed by atoms with Crippen LogP contribution in [0.2, 0.25) is 0 Å². The first-order valence-electron chi connectivity index (χ1n) is 7.05. The van der Waals surface area contributed by atoms with Gasteiger partial charge < -0.3 is 15.2 Å². The van der Waals surface area contributed by atoms with Gasteiger partial charge in [0.15, 0.2) is 11.5 Å². The molecule has 0 radical (unpaired) electrons. The molecule has 1 heterocycles. The highest BCUT2D eigenvalue weighted by molar-refractivity contribution is 8.00. The molecule has 21 heavy (non-hydrogen) atoms. The second-order valence-electron chi connectivity index (χ2n) is 5.02. The van der Waals surface area contributed by atoms with E-state index in [2.05, 4.69) is 24.3 Å². The molecule has 3 rings (SSSR count). The van der Waals surface area contributed by atoms with Gasteiger partial charge in [-0.15, -0.1) is 11.8 Å². The van der Waals surface area contributed by atoms with Crippen LogP contribution in [0.15, 0.2) is 47.4 Å². The molecule has 2 aromatic carbocycles. The lowest BCUT2D eigenvalue weighted by Crippen LogP contribution is -2.15. The van der Waals surface area contributed by atoms with E-state index in [4.69, 9.17) is 15.2 Å². The van der Waals surface area contributed by atoms with Crippen molar-refractivity contribution in [3.63, 3.8) is 0 Å². The van der Waals surface area contributed by atoms with Crippen LogP contribution in [0, 0.1) is 0 Å². The SMILES string of the molecule is COc1cccc(CN)c1OCC1Cc2ccccc2S1. The minimum atomic E-state index is 0.443. The van der Waals surface area contributed by atoms with Crippen LogP contribution in [0.1, 0.15) is 11.1 Å². The Morgan fingerprint density at radius 3 is 2.81 bits per heavy atom. The van der Waals surface area contributed by atoms with Crippen molar-refractivity contribution in [1.82, 2.24) is 0 Å². The Labute approximate surface area is 129 Å². The maximum Gasteiger partial charge on any atom is 0.165 e. The van der Waals surface area contributed by atoms with Crippen LogP contribution in [0.4, 0.5) is 0 Å². The number of ether oxygens (including phenoxy) is 2. The number of nitrogens with two attached hydrogens (primary N) is 1. The maximum absolute atomic E-state index is 6.04. The number of hydrogen-bond acceptors (Lipinski definition) is 4. The third kappa shape index (κ3) is 3.01. The Balaban J connectivity index is 1.69. The van der Waals surface area contributed by atoms with Crippen molar-refractivity contribution >= 4 is 11.8 Å². The Kier molecular flexibility index (Phi) is 4.36. The van der Waals surface area contributed by atoms with E-state index in [0.29, 0.717) is 18.4 Å². The van der Waals surface area contributed by atoms with Crippen LogP contribution < -0.4 is 15.2 Å². The van der Waals surface area contributed by atoms with Crippen molar-refractivity contribution in [2.24, 2.45) is 5.73 Å². The zero-order valence-electron chi connectivity index (χ0n) is 12.0. The molecule has 0 amide bonds. The minimum Gasteiger partial charge on any atom is -0.493 e. The average molecular weight is 301 g/mol. The molecule has 0 aromatic heterocycles. The first-order chi connectivity index (χ1) is 10.3. The monoisotopic (exact) mass is 301 g/mol. The molecular formula is C17H19NO2S. The summed E-state index contributed by atoms with van der Waals surface area (Å²) in [5.74, 6) is 1.53. The van der Waals surface area contributed by atoms with Gasteiger partial charge in [-0.3, -0.25) is 0 Å². The van der Waals surface area contributed by atoms with E-state index in [9.17, 15) is 0 Å². The van der Waals surface area contributed by atoms with E-state index in [-0.39, 0.29) is 0 Å². The fourth-order valence-corrected chi connectivity index (χ4v) is 3.79. The molecule has 0 saturated heterocycles. The quantitative estimate of drug-likeness (QED) is 0.921. The van der Waals surface area contributed by atoms with Gasteiger partial charge in [-0.1, -0.05) is 30.3 Å². The van der Waals surface area contributed by atoms with Crippen molar-refractivity contribution in [3.8, 4) is 11.5 Å². The zero-order chi connectivity index (χ0) is 14.7. The van der Waals surface area contributed by atoms with Crippen LogP contribution in [0.5, 0.6) is 11.5 Å². The molecular weight excluding hydrogens is 282 g/mol. The number of rotatable bonds is 5. The summed E-state index contributed by atoms with van der Waals surface area (Å²) >= 11 is 1.89. The summed E-state index contributed by atoms with van der Waals surface area (Å²) in [5.41, 5.74) is 8.18. The summed E-state index contributed by atoms with van der Waals surface area (Å²) in [4.78, 5) is 1.37. The van der Waals surface area contributed by atoms with E-state index in [1.165, 1.54) is 10.5 Å². The van der Waals surface area contributed by atoms with Crippen LogP contribution in [-0.2, 0) is 13.0 Å². The van der Waals surface area contributed by atoms with Gasteiger partial charge in [0.1, 0.15) is 6.61 Å². The van der Waals surface area contributed by atoms with E-state index in [0.717, 1.165) is 23.5 Å². The average Bonchev–Trinajstić information content (AvgIpc) is 2.95. The Bertz CT molecular complexity index is 583. The standard InChI is InChI=1S/C17H19NO2S/c1-19-15-7-4-6-13(10-18)17(15)20-11-14-9-12-5-2-3-8-16(12)21-14/h2-8,14H,9-11,18H2,1H3. The Morgan fingerprint density at radius 1 is 1.19 bits per heavy atom. The van der Waals surface area contributed by atoms with E-state index in [1.807, 2.05) is 30.0 Å². The molecule has 1 aliphatic heterocycles. The van der Waals surface area contributed by atoms with Gasteiger partial charge in [0, 0.05) is 22.3 Å². The molecule has 0 bridgehead atoms. The van der Waals surface area contributed by atoms with Crippen molar-refractivity contribution in [1.29, 1.82) is 0 Å². The van der Waals surface area contributed by atoms with Gasteiger partial charge in [0.05, 0.1) is 7.11 Å². The molecule has 2 aromatic rings. The lowest BCUT2D eigenvalue weighted by Gasteiger charge is -2.16. The maximum atomic E-state index is 6.04. The zero-order valence-corrected chi connectivity index (χ0v) is 12.9. The summed E-state index contributed by atoms with van der Waals surface area (Å²) in [6.07, 6.45) is 1.05. The molecule has 1 aliphatic rings. The molecule has 0 aliphatic carbocycles. The molecule has 3 nitrogen and oxygen atoms in total. The molecule has 2 N–H and O–H groups in total. The van der Waals surface area contributed by atoms with Gasteiger partial charge in [-0.05, 0) is 24.1 Å². The van der Waals surface area contributed by atoms with Gasteiger partial charge in [0.2, 0.25) is 0 Å². The summed E-state index contributed by atoms with van der Waals surface area (Å²) < 4.78 is 11.4. The number of para-hydroxylation sites is 1. The number of benzene rings is 2. The summed E-state index contributed by atoms with van der Waals surface area (Å²) in [7, 11) is 1.66. The number of methoxy groups -OCH3 is 1. The summed E-state index contributed by atoms with van der Waals surface area (Å²) in [5, 5.41) is 0.443. The molecule has 4 heteroatoms. The highest BCUT2D eigenvalue weighted by Crippen LogP contribution is 2.38. The second-order valence-corrected chi connectivity index (χ2v) is 6.36. The van der Waals surface area contributed by atoms with E-state index in [1.54, 1.807) is 7.11 Å². The lowest BCUT2D eigenvalue weighted by atomic mass is 10.1. The third-order valence-corrected chi connectivity index (χ3v) is 4.92. The lowest BCUT2D eigenvalue weighted by molar-refractivity contribution is 0.291. The predicted molar refractivity (Wildman–Crippen MR) is 86.2 cm³/mol. The van der Waals surface area contributed by atoms with Crippen LogP contribution in [0.25, 0.3) is 0 Å². The van der Waals surface area contributed by atoms with Gasteiger partial charge >= 0.3 is 0 Å². The van der Waals surface area contributed by atoms with E-state index < -0.39 is 0 Å². The van der Waals surface area contributed by atoms with Crippen molar-refractivity contribution in [2.45, 2.75) is 23.1 Å². The topological polar surface area (TPSA) is 44.5 Å². The fourth-order valence-electron chi connectivity index (χ4n) is 2.57. The number of hydrogen-bond donors (Lipinski definition) is 1. The van der Waals surface area contributed by atoms with Gasteiger partial charge in [-0.25, -0.2) is 0 Å².